The lowest BCUT2D eigenvalue weighted by Crippen LogP contribution is -2.61. The van der Waals surface area contributed by atoms with Crippen LogP contribution in [0.2, 0.25) is 0 Å². The van der Waals surface area contributed by atoms with Gasteiger partial charge in [0.2, 0.25) is 5.91 Å². The molecule has 1 aliphatic carbocycles. The number of ether oxygens (including phenoxy) is 11. The summed E-state index contributed by atoms with van der Waals surface area (Å²) >= 11 is 0. The molecule has 0 radical (unpaired) electrons. The molecular weight excluding hydrogens is 1560 g/mol. The average molecular weight is 1690 g/mol. The maximum Gasteiger partial charge on any atom is 0.267 e. The fourth-order valence-corrected chi connectivity index (χ4v) is 14.9. The Labute approximate surface area is 652 Å². The van der Waals surface area contributed by atoms with Gasteiger partial charge in [0.15, 0.2) is 12.6 Å². The van der Waals surface area contributed by atoms with Crippen molar-refractivity contribution in [1.29, 1.82) is 0 Å². The smallest absolute Gasteiger partial charge is 0.267 e. The Morgan fingerprint density at radius 2 is 0.766 bits per heavy atom. The van der Waals surface area contributed by atoms with Gasteiger partial charge in [0.25, 0.3) is 31.3 Å². The topological polar surface area (TPSA) is 567 Å². The predicted octanol–water partition coefficient (Wildman–Crippen LogP) is 0.535. The van der Waals surface area contributed by atoms with E-state index >= 15 is 0 Å². The molecule has 39 nitrogen and oxygen atoms in total. The van der Waals surface area contributed by atoms with Crippen LogP contribution in [-0.2, 0) is 111 Å². The fourth-order valence-electron chi connectivity index (χ4n) is 11.7. The van der Waals surface area contributed by atoms with Crippen LogP contribution in [0.15, 0.2) is 0 Å². The Hall–Kier alpha value is -0.930. The van der Waals surface area contributed by atoms with Gasteiger partial charge in [0, 0.05) is 96.7 Å². The third-order valence-corrected chi connectivity index (χ3v) is 22.1. The molecule has 1 saturated carbocycles. The maximum atomic E-state index is 13.4. The van der Waals surface area contributed by atoms with E-state index in [1.54, 1.807) is 13.8 Å². The fraction of sp³-hybridized carbons (Fsp3) is 0.985. The van der Waals surface area contributed by atoms with E-state index in [9.17, 15) is 93.7 Å². The van der Waals surface area contributed by atoms with Crippen molar-refractivity contribution in [2.75, 3.05) is 172 Å². The number of phosphoric acid groups is 4. The van der Waals surface area contributed by atoms with Crippen LogP contribution in [0.1, 0.15) is 150 Å². The van der Waals surface area contributed by atoms with Crippen molar-refractivity contribution in [2.24, 2.45) is 29.1 Å². The second-order valence-electron chi connectivity index (χ2n) is 28.3. The lowest BCUT2D eigenvalue weighted by atomic mass is 9.79. The predicted molar refractivity (Wildman–Crippen MR) is 385 cm³/mol. The summed E-state index contributed by atoms with van der Waals surface area (Å²) in [6.07, 6.45) is -4.81. The molecule has 0 aromatic heterocycles. The normalized spacial score (nSPS) is 27.6. The number of amides is 1. The van der Waals surface area contributed by atoms with Gasteiger partial charge < -0.3 is 164 Å². The van der Waals surface area contributed by atoms with Crippen molar-refractivity contribution >= 4 is 37.2 Å². The van der Waals surface area contributed by atoms with Crippen molar-refractivity contribution in [3.05, 3.63) is 0 Å². The van der Waals surface area contributed by atoms with Gasteiger partial charge in [-0.25, -0.2) is 0 Å². The third-order valence-electron chi connectivity index (χ3n) is 18.2. The van der Waals surface area contributed by atoms with Crippen LogP contribution in [0.4, 0.5) is 0 Å². The Morgan fingerprint density at radius 3 is 1.12 bits per heavy atom. The molecule has 11 N–H and O–H groups in total. The summed E-state index contributed by atoms with van der Waals surface area (Å²) in [6.45, 7) is 4.11. The van der Waals surface area contributed by atoms with Crippen LogP contribution >= 0.6 is 31.3 Å². The summed E-state index contributed by atoms with van der Waals surface area (Å²) < 4.78 is 156. The SMILES string of the molecule is CC(=O)NC1[C@@H](O)[C@@H](O)C(CO)C[C@H]1OCCCCCCOP(=O)([O-])OCCCOCC(COCCCOP(=O)([O-])OCCCCCCO[C@@H]1OC(CO)[C@H](O)[C@H](O)C1C)(COCCCOP(=O)([O-])OCCCCCCO[C@@H]1OC(CO)[C@H](O)[C@H](O)C1C)COP(=O)([O-])OCCCOCC(CO)COCCCOC(C)C. The van der Waals surface area contributed by atoms with Gasteiger partial charge in [-0.05, 0) is 90.9 Å². The number of phosphoric ester groups is 4. The molecule has 2 saturated heterocycles. The van der Waals surface area contributed by atoms with Gasteiger partial charge in [-0.1, -0.05) is 52.4 Å². The first kappa shape index (κ1) is 104. The Balaban J connectivity index is 1.61. The number of carbonyl (C=O) groups excluding carboxylic acids is 1. The summed E-state index contributed by atoms with van der Waals surface area (Å²) in [4.78, 5) is 63.4. The van der Waals surface area contributed by atoms with Gasteiger partial charge in [-0.15, -0.1) is 0 Å². The van der Waals surface area contributed by atoms with E-state index in [1.165, 1.54) is 6.92 Å². The van der Waals surface area contributed by atoms with E-state index in [2.05, 4.69) is 5.32 Å². The molecule has 3 aliphatic rings. The minimum atomic E-state index is -5.15. The number of aliphatic hydroxyl groups is 10. The zero-order valence-corrected chi connectivity index (χ0v) is 68.7. The lowest BCUT2D eigenvalue weighted by molar-refractivity contribution is -0.282. The number of rotatable bonds is 70. The van der Waals surface area contributed by atoms with E-state index < -0.39 is 193 Å². The standard InChI is InChI=1S/C68H135NO38P4/c1-50(2)94-31-18-23-89-44-54(40-70)45-90-24-19-35-104-111(87,88)105-49-68(47-92-26-21-37-102-109(83,84)99-33-16-10-7-13-29-96-66-51(3)60(75)63(78)57(42-72)106-66,48-93-27-22-38-103-110(85,86)100-34-17-11-8-14-30-97-67-52(4)61(76)64(79)58(43-73)107-67)46-91-25-20-36-101-108(81,82)98-32-15-9-6-12-28-95-56-39-55(41-71)62(77)65(80)59(56)69-53(5)74/h50-52,54-67,70-73,75-80H,6-49H2,1-5H3,(H,69,74)(H,81,82)(H,83,84)(H,85,86)(H,87,88)/p-4/t51?,52?,54?,55?,56-,57?,58?,59?,60-,61-,62+,63+,64+,65-,66-,67-,68?/m1/s1. The number of unbranched alkanes of at least 4 members (excludes halogenated alkanes) is 9. The Morgan fingerprint density at radius 1 is 0.423 bits per heavy atom. The maximum absolute atomic E-state index is 13.4. The quantitative estimate of drug-likeness (QED) is 0.0292. The summed E-state index contributed by atoms with van der Waals surface area (Å²) in [7, 11) is -19.6. The van der Waals surface area contributed by atoms with Crippen LogP contribution in [0.25, 0.3) is 0 Å². The zero-order chi connectivity index (χ0) is 82.1. The first-order valence-electron chi connectivity index (χ1n) is 38.7. The molecule has 0 bridgehead atoms. The molecule has 2 heterocycles. The van der Waals surface area contributed by atoms with Gasteiger partial charge in [-0.2, -0.15) is 0 Å². The van der Waals surface area contributed by atoms with Crippen LogP contribution < -0.4 is 24.9 Å². The molecule has 111 heavy (non-hydrogen) atoms. The summed E-state index contributed by atoms with van der Waals surface area (Å²) in [5, 5.41) is 103. The minimum absolute atomic E-state index is 0.0385. The minimum Gasteiger partial charge on any atom is -0.756 e. The molecule has 20 atom stereocenters. The molecule has 43 heteroatoms. The number of carbonyl (C=O) groups is 1. The third kappa shape index (κ3) is 45.3. The van der Waals surface area contributed by atoms with E-state index in [-0.39, 0.29) is 143 Å². The lowest BCUT2D eigenvalue weighted by Gasteiger charge is -2.42. The van der Waals surface area contributed by atoms with Crippen molar-refractivity contribution < 1.29 is 182 Å². The average Bonchev–Trinajstić information content (AvgIpc) is 0.821. The van der Waals surface area contributed by atoms with Gasteiger partial charge in [0.1, 0.15) is 30.5 Å². The highest BCUT2D eigenvalue weighted by molar-refractivity contribution is 7.46. The van der Waals surface area contributed by atoms with Crippen molar-refractivity contribution in [1.82, 2.24) is 5.32 Å². The Bertz CT molecular complexity index is 2480. The highest BCUT2D eigenvalue weighted by Gasteiger charge is 2.46. The highest BCUT2D eigenvalue weighted by Crippen LogP contribution is 2.43. The molecule has 0 aromatic carbocycles. The molecule has 3 fully saturated rings. The van der Waals surface area contributed by atoms with E-state index in [0.717, 1.165) is 0 Å². The van der Waals surface area contributed by atoms with Gasteiger partial charge in [-0.3, -0.25) is 23.1 Å². The van der Waals surface area contributed by atoms with Gasteiger partial charge >= 0.3 is 0 Å². The number of hydrogen-bond acceptors (Lipinski definition) is 38. The van der Waals surface area contributed by atoms with Crippen LogP contribution in [-0.4, -0.2) is 308 Å². The summed E-state index contributed by atoms with van der Waals surface area (Å²) in [5.41, 5.74) is -1.55. The largest absolute Gasteiger partial charge is 0.756 e. The molecular formula is C68H131NO38P4-4. The molecule has 0 aromatic rings. The highest BCUT2D eigenvalue weighted by atomic mass is 31.2. The Kier molecular flexibility index (Phi) is 55.3. The molecule has 1 amide bonds. The number of hydrogen-bond donors (Lipinski definition) is 11. The van der Waals surface area contributed by atoms with Crippen LogP contribution in [0, 0.1) is 29.1 Å². The molecule has 11 unspecified atom stereocenters. The van der Waals surface area contributed by atoms with Gasteiger partial charge in [0.05, 0.1) is 148 Å². The van der Waals surface area contributed by atoms with E-state index in [1.807, 2.05) is 13.8 Å². The molecule has 660 valence electrons. The number of aliphatic hydroxyl groups excluding tert-OH is 10. The van der Waals surface area contributed by atoms with Crippen LogP contribution in [0.3, 0.4) is 0 Å². The summed E-state index contributed by atoms with van der Waals surface area (Å²) in [6, 6.07) is -0.888. The summed E-state index contributed by atoms with van der Waals surface area (Å²) in [5.74, 6) is -2.55. The second kappa shape index (κ2) is 58.9. The molecule has 2 aliphatic heterocycles. The second-order valence-corrected chi connectivity index (χ2v) is 34.0. The monoisotopic (exact) mass is 1690 g/mol. The first-order chi connectivity index (χ1) is 52.8. The molecule has 0 spiro atoms. The van der Waals surface area contributed by atoms with Crippen molar-refractivity contribution in [2.45, 2.75) is 230 Å². The van der Waals surface area contributed by atoms with E-state index in [4.69, 9.17) is 88.3 Å². The first-order valence-corrected chi connectivity index (χ1v) is 44.5. The van der Waals surface area contributed by atoms with Crippen molar-refractivity contribution in [3.8, 4) is 0 Å². The zero-order valence-electron chi connectivity index (χ0n) is 65.1. The molecule has 3 rings (SSSR count). The van der Waals surface area contributed by atoms with Crippen LogP contribution in [0.5, 0.6) is 0 Å². The van der Waals surface area contributed by atoms with E-state index in [0.29, 0.717) is 96.7 Å². The van der Waals surface area contributed by atoms with Crippen molar-refractivity contribution in [3.63, 3.8) is 0 Å². The number of nitrogens with one attached hydrogen (secondary N) is 1.